The number of halogens is 1. The summed E-state index contributed by atoms with van der Waals surface area (Å²) in [6, 6.07) is 8.88. The molecule has 0 radical (unpaired) electrons. The van der Waals surface area contributed by atoms with Crippen LogP contribution in [-0.2, 0) is 0 Å². The van der Waals surface area contributed by atoms with Gasteiger partial charge in [0.05, 0.1) is 6.61 Å². The minimum atomic E-state index is 0. The average Bonchev–Trinajstić information content (AvgIpc) is 2.46. The van der Waals surface area contributed by atoms with Crippen molar-refractivity contribution in [3.8, 4) is 5.75 Å². The van der Waals surface area contributed by atoms with Gasteiger partial charge in [-0.1, -0.05) is 18.2 Å². The molecule has 1 fully saturated rings. The Morgan fingerprint density at radius 2 is 2.16 bits per heavy atom. The normalized spacial score (nSPS) is 25.9. The first-order valence-electron chi connectivity index (χ1n) is 7.09. The molecular formula is C15H23ClN2O. The van der Waals surface area contributed by atoms with Crippen LogP contribution in [0.15, 0.2) is 24.3 Å². The Morgan fingerprint density at radius 1 is 1.26 bits per heavy atom. The third-order valence-electron chi connectivity index (χ3n) is 4.01. The summed E-state index contributed by atoms with van der Waals surface area (Å²) in [7, 11) is 0. The van der Waals surface area contributed by atoms with E-state index in [9.17, 15) is 0 Å². The maximum absolute atomic E-state index is 5.69. The fourth-order valence-corrected chi connectivity index (χ4v) is 2.96. The molecule has 1 aromatic carbocycles. The summed E-state index contributed by atoms with van der Waals surface area (Å²) in [6.45, 7) is 4.30. The Labute approximate surface area is 121 Å². The predicted molar refractivity (Wildman–Crippen MR) is 80.1 cm³/mol. The van der Waals surface area contributed by atoms with Crippen molar-refractivity contribution in [1.29, 1.82) is 0 Å². The summed E-state index contributed by atoms with van der Waals surface area (Å²) >= 11 is 0. The highest BCUT2D eigenvalue weighted by molar-refractivity contribution is 5.85. The smallest absolute Gasteiger partial charge is 0.124 e. The van der Waals surface area contributed by atoms with Crippen molar-refractivity contribution >= 4 is 12.4 Å². The van der Waals surface area contributed by atoms with Gasteiger partial charge in [0.1, 0.15) is 5.75 Å². The Kier molecular flexibility index (Phi) is 5.49. The molecule has 106 valence electrons. The third-order valence-corrected chi connectivity index (χ3v) is 4.01. The number of hydrogen-bond donors (Lipinski definition) is 2. The van der Waals surface area contributed by atoms with E-state index in [-0.39, 0.29) is 12.4 Å². The quantitative estimate of drug-likeness (QED) is 0.894. The summed E-state index contributed by atoms with van der Waals surface area (Å²) in [6.07, 6.45) is 3.75. The molecule has 0 spiro atoms. The number of hydrogen-bond acceptors (Lipinski definition) is 3. The molecule has 0 bridgehead atoms. The van der Waals surface area contributed by atoms with E-state index in [1.54, 1.807) is 0 Å². The monoisotopic (exact) mass is 282 g/mol. The van der Waals surface area contributed by atoms with Gasteiger partial charge < -0.3 is 15.4 Å². The molecule has 2 aliphatic rings. The average molecular weight is 283 g/mol. The van der Waals surface area contributed by atoms with Gasteiger partial charge in [0.2, 0.25) is 0 Å². The number of rotatable bonds is 3. The SMILES string of the molecule is Cl.c1ccc2c(c1)OCCC2NCC1CCCNC1. The van der Waals surface area contributed by atoms with E-state index in [0.29, 0.717) is 6.04 Å². The third kappa shape index (κ3) is 3.62. The highest BCUT2D eigenvalue weighted by Crippen LogP contribution is 2.31. The molecule has 3 rings (SSSR count). The Hall–Kier alpha value is -0.770. The summed E-state index contributed by atoms with van der Waals surface area (Å²) < 4.78 is 5.69. The molecule has 2 atom stereocenters. The lowest BCUT2D eigenvalue weighted by molar-refractivity contribution is 0.243. The minimum absolute atomic E-state index is 0. The number of nitrogens with one attached hydrogen (secondary N) is 2. The molecule has 2 aliphatic heterocycles. The van der Waals surface area contributed by atoms with E-state index in [0.717, 1.165) is 37.8 Å². The second-order valence-electron chi connectivity index (χ2n) is 5.35. The van der Waals surface area contributed by atoms with Gasteiger partial charge in [-0.05, 0) is 44.5 Å². The largest absolute Gasteiger partial charge is 0.493 e. The summed E-state index contributed by atoms with van der Waals surface area (Å²) in [4.78, 5) is 0. The van der Waals surface area contributed by atoms with Crippen molar-refractivity contribution in [3.63, 3.8) is 0 Å². The zero-order valence-corrected chi connectivity index (χ0v) is 12.0. The predicted octanol–water partition coefficient (Wildman–Crippen LogP) is 2.52. The van der Waals surface area contributed by atoms with Gasteiger partial charge in [0.15, 0.2) is 0 Å². The first-order valence-corrected chi connectivity index (χ1v) is 7.09. The lowest BCUT2D eigenvalue weighted by Gasteiger charge is -2.30. The van der Waals surface area contributed by atoms with Gasteiger partial charge in [0.25, 0.3) is 0 Å². The van der Waals surface area contributed by atoms with Crippen LogP contribution in [0.25, 0.3) is 0 Å². The number of para-hydroxylation sites is 1. The number of ether oxygens (including phenoxy) is 1. The highest BCUT2D eigenvalue weighted by Gasteiger charge is 2.22. The minimum Gasteiger partial charge on any atom is -0.493 e. The zero-order chi connectivity index (χ0) is 12.2. The van der Waals surface area contributed by atoms with Crippen LogP contribution in [-0.4, -0.2) is 26.2 Å². The summed E-state index contributed by atoms with van der Waals surface area (Å²) in [5, 5.41) is 7.20. The van der Waals surface area contributed by atoms with E-state index in [4.69, 9.17) is 4.74 Å². The van der Waals surface area contributed by atoms with E-state index in [2.05, 4.69) is 28.8 Å². The lowest BCUT2D eigenvalue weighted by Crippen LogP contribution is -2.38. The molecule has 4 heteroatoms. The molecule has 0 aromatic heterocycles. The van der Waals surface area contributed by atoms with E-state index < -0.39 is 0 Å². The van der Waals surface area contributed by atoms with Gasteiger partial charge in [-0.2, -0.15) is 0 Å². The second-order valence-corrected chi connectivity index (χ2v) is 5.35. The van der Waals surface area contributed by atoms with Crippen LogP contribution >= 0.6 is 12.4 Å². The van der Waals surface area contributed by atoms with Crippen LogP contribution in [0.1, 0.15) is 30.9 Å². The first-order chi connectivity index (χ1) is 8.93. The Bertz CT molecular complexity index is 393. The second kappa shape index (κ2) is 7.13. The van der Waals surface area contributed by atoms with E-state index in [1.807, 2.05) is 6.07 Å². The standard InChI is InChI=1S/C15H22N2O.ClH/c1-2-6-15-13(5-1)14(7-9-18-15)17-11-12-4-3-8-16-10-12;/h1-2,5-6,12,14,16-17H,3-4,7-11H2;1H. The summed E-state index contributed by atoms with van der Waals surface area (Å²) in [5.41, 5.74) is 1.33. The van der Waals surface area contributed by atoms with Crippen LogP contribution in [0.2, 0.25) is 0 Å². The molecule has 1 aromatic rings. The molecule has 3 nitrogen and oxygen atoms in total. The Morgan fingerprint density at radius 3 is 3.00 bits per heavy atom. The molecule has 2 heterocycles. The van der Waals surface area contributed by atoms with Crippen LogP contribution < -0.4 is 15.4 Å². The summed E-state index contributed by atoms with van der Waals surface area (Å²) in [5.74, 6) is 1.84. The fourth-order valence-electron chi connectivity index (χ4n) is 2.96. The van der Waals surface area contributed by atoms with E-state index >= 15 is 0 Å². The number of piperidine rings is 1. The van der Waals surface area contributed by atoms with Gasteiger partial charge in [-0.15, -0.1) is 12.4 Å². The van der Waals surface area contributed by atoms with Gasteiger partial charge in [-0.25, -0.2) is 0 Å². The van der Waals surface area contributed by atoms with Crippen molar-refractivity contribution in [2.75, 3.05) is 26.2 Å². The van der Waals surface area contributed by atoms with Crippen molar-refractivity contribution in [3.05, 3.63) is 29.8 Å². The molecule has 2 unspecified atom stereocenters. The molecule has 19 heavy (non-hydrogen) atoms. The Balaban J connectivity index is 0.00000133. The van der Waals surface area contributed by atoms with E-state index in [1.165, 1.54) is 24.9 Å². The fraction of sp³-hybridized carbons (Fsp3) is 0.600. The highest BCUT2D eigenvalue weighted by atomic mass is 35.5. The van der Waals surface area contributed by atoms with Crippen LogP contribution in [0.4, 0.5) is 0 Å². The van der Waals surface area contributed by atoms with Crippen LogP contribution in [0.3, 0.4) is 0 Å². The van der Waals surface area contributed by atoms with Crippen molar-refractivity contribution in [2.45, 2.75) is 25.3 Å². The molecule has 1 saturated heterocycles. The zero-order valence-electron chi connectivity index (χ0n) is 11.2. The molecule has 2 N–H and O–H groups in total. The van der Waals surface area contributed by atoms with Crippen molar-refractivity contribution < 1.29 is 4.74 Å². The topological polar surface area (TPSA) is 33.3 Å². The molecule has 0 aliphatic carbocycles. The van der Waals surface area contributed by atoms with Gasteiger partial charge in [-0.3, -0.25) is 0 Å². The maximum Gasteiger partial charge on any atom is 0.124 e. The molecule has 0 saturated carbocycles. The first kappa shape index (κ1) is 14.6. The lowest BCUT2D eigenvalue weighted by atomic mass is 9.97. The molecule has 0 amide bonds. The van der Waals surface area contributed by atoms with Crippen LogP contribution in [0, 0.1) is 5.92 Å². The molecular weight excluding hydrogens is 260 g/mol. The van der Waals surface area contributed by atoms with Crippen molar-refractivity contribution in [2.24, 2.45) is 5.92 Å². The van der Waals surface area contributed by atoms with Gasteiger partial charge in [0, 0.05) is 18.0 Å². The number of fused-ring (bicyclic) bond motifs is 1. The maximum atomic E-state index is 5.69. The van der Waals surface area contributed by atoms with Crippen LogP contribution in [0.5, 0.6) is 5.75 Å². The van der Waals surface area contributed by atoms with Gasteiger partial charge >= 0.3 is 0 Å². The van der Waals surface area contributed by atoms with Crippen molar-refractivity contribution in [1.82, 2.24) is 10.6 Å². The number of benzene rings is 1.